The summed E-state index contributed by atoms with van der Waals surface area (Å²) in [6.07, 6.45) is 2.47. The molecule has 1 fully saturated rings. The fourth-order valence-electron chi connectivity index (χ4n) is 2.45. The fourth-order valence-corrected chi connectivity index (χ4v) is 2.45. The van der Waals surface area contributed by atoms with Crippen LogP contribution in [0.15, 0.2) is 18.2 Å². The van der Waals surface area contributed by atoms with Gasteiger partial charge in [-0.25, -0.2) is 0 Å². The van der Waals surface area contributed by atoms with Gasteiger partial charge in [-0.1, -0.05) is 6.07 Å². The monoisotopic (exact) mass is 293 g/mol. The Morgan fingerprint density at radius 2 is 2.24 bits per heavy atom. The van der Waals surface area contributed by atoms with Crippen LogP contribution in [0.2, 0.25) is 0 Å². The Morgan fingerprint density at radius 1 is 1.48 bits per heavy atom. The van der Waals surface area contributed by atoms with Crippen molar-refractivity contribution in [2.24, 2.45) is 0 Å². The van der Waals surface area contributed by atoms with Gasteiger partial charge in [-0.05, 0) is 31.4 Å². The Hall–Kier alpha value is -1.66. The van der Waals surface area contributed by atoms with Crippen molar-refractivity contribution in [3.63, 3.8) is 0 Å². The predicted octanol–water partition coefficient (Wildman–Crippen LogP) is 2.64. The summed E-state index contributed by atoms with van der Waals surface area (Å²) >= 11 is 0. The number of nitrogens with one attached hydrogen (secondary N) is 1. The molecule has 6 nitrogen and oxygen atoms in total. The van der Waals surface area contributed by atoms with Gasteiger partial charge in [0.1, 0.15) is 5.69 Å². The van der Waals surface area contributed by atoms with Crippen molar-refractivity contribution in [3.8, 4) is 0 Å². The summed E-state index contributed by atoms with van der Waals surface area (Å²) in [4.78, 5) is 13.1. The smallest absolute Gasteiger partial charge is 0.292 e. The summed E-state index contributed by atoms with van der Waals surface area (Å²) < 4.78 is 5.16. The maximum Gasteiger partial charge on any atom is 0.292 e. The topological polar surface area (TPSA) is 67.6 Å². The van der Waals surface area contributed by atoms with Gasteiger partial charge >= 0.3 is 0 Å². The first-order valence-electron chi connectivity index (χ1n) is 7.40. The van der Waals surface area contributed by atoms with Crippen LogP contribution >= 0.6 is 0 Å². The molecular weight excluding hydrogens is 270 g/mol. The number of hydrogen-bond donors (Lipinski definition) is 1. The Morgan fingerprint density at radius 3 is 2.81 bits per heavy atom. The zero-order valence-electron chi connectivity index (χ0n) is 12.7. The average Bonchev–Trinajstić information content (AvgIpc) is 3.28. The molecule has 0 amide bonds. The highest BCUT2D eigenvalue weighted by atomic mass is 16.6. The lowest BCUT2D eigenvalue weighted by atomic mass is 10.1. The van der Waals surface area contributed by atoms with Crippen molar-refractivity contribution in [1.29, 1.82) is 0 Å². The summed E-state index contributed by atoms with van der Waals surface area (Å²) in [6, 6.07) is 5.97. The molecule has 0 unspecified atom stereocenters. The molecule has 6 heteroatoms. The summed E-state index contributed by atoms with van der Waals surface area (Å²) in [7, 11) is 1.71. The summed E-state index contributed by atoms with van der Waals surface area (Å²) in [5.74, 6) is 0. The molecule has 1 N–H and O–H groups in total. The van der Waals surface area contributed by atoms with Crippen LogP contribution in [0.4, 0.5) is 11.4 Å². The quantitative estimate of drug-likeness (QED) is 0.560. The molecule has 1 aliphatic carbocycles. The van der Waals surface area contributed by atoms with Gasteiger partial charge in [0.05, 0.1) is 11.5 Å². The number of nitro groups is 1. The van der Waals surface area contributed by atoms with E-state index in [0.717, 1.165) is 18.7 Å². The molecule has 21 heavy (non-hydrogen) atoms. The summed E-state index contributed by atoms with van der Waals surface area (Å²) in [6.45, 7) is 5.02. The van der Waals surface area contributed by atoms with Crippen molar-refractivity contribution < 1.29 is 9.66 Å². The van der Waals surface area contributed by atoms with E-state index >= 15 is 0 Å². The Bertz CT molecular complexity index is 489. The number of hydrogen-bond acceptors (Lipinski definition) is 5. The van der Waals surface area contributed by atoms with E-state index in [0.29, 0.717) is 24.9 Å². The van der Waals surface area contributed by atoms with Crippen molar-refractivity contribution >= 4 is 11.4 Å². The fraction of sp³-hybridized carbons (Fsp3) is 0.600. The largest absolute Gasteiger partial charge is 0.383 e. The van der Waals surface area contributed by atoms with Crippen LogP contribution < -0.4 is 5.32 Å². The van der Waals surface area contributed by atoms with Gasteiger partial charge in [0.15, 0.2) is 0 Å². The zero-order chi connectivity index (χ0) is 15.2. The van der Waals surface area contributed by atoms with Crippen LogP contribution in [0.25, 0.3) is 0 Å². The molecule has 0 aromatic heterocycles. The van der Waals surface area contributed by atoms with Crippen LogP contribution in [-0.4, -0.2) is 42.7 Å². The molecule has 0 aliphatic heterocycles. The molecule has 1 aromatic rings. The molecule has 0 spiro atoms. The molecule has 1 saturated carbocycles. The molecule has 1 aliphatic rings. The molecule has 0 heterocycles. The second-order valence-corrected chi connectivity index (χ2v) is 5.33. The van der Waals surface area contributed by atoms with Gasteiger partial charge in [-0.15, -0.1) is 0 Å². The predicted molar refractivity (Wildman–Crippen MR) is 82.6 cm³/mol. The number of ether oxygens (including phenoxy) is 1. The third-order valence-electron chi connectivity index (χ3n) is 3.66. The van der Waals surface area contributed by atoms with Gasteiger partial charge in [0.25, 0.3) is 5.69 Å². The maximum absolute atomic E-state index is 11.0. The van der Waals surface area contributed by atoms with E-state index in [-0.39, 0.29) is 10.6 Å². The van der Waals surface area contributed by atoms with E-state index < -0.39 is 0 Å². The van der Waals surface area contributed by atoms with Gasteiger partial charge in [-0.3, -0.25) is 15.0 Å². The number of anilines is 1. The van der Waals surface area contributed by atoms with Gasteiger partial charge in [0.2, 0.25) is 0 Å². The number of nitrogens with zero attached hydrogens (tertiary/aromatic N) is 2. The SMILES string of the molecule is CCNc1cc(CN(CCOC)C2CC2)ccc1[N+](=O)[O-]. The van der Waals surface area contributed by atoms with Crippen molar-refractivity contribution in [1.82, 2.24) is 4.90 Å². The molecule has 0 saturated heterocycles. The summed E-state index contributed by atoms with van der Waals surface area (Å²) in [5.41, 5.74) is 1.83. The minimum Gasteiger partial charge on any atom is -0.383 e. The van der Waals surface area contributed by atoms with Gasteiger partial charge < -0.3 is 10.1 Å². The number of rotatable bonds is 9. The highest BCUT2D eigenvalue weighted by Crippen LogP contribution is 2.30. The van der Waals surface area contributed by atoms with E-state index in [2.05, 4.69) is 10.2 Å². The van der Waals surface area contributed by atoms with E-state index in [9.17, 15) is 10.1 Å². The second-order valence-electron chi connectivity index (χ2n) is 5.33. The minimum absolute atomic E-state index is 0.135. The average molecular weight is 293 g/mol. The highest BCUT2D eigenvalue weighted by molar-refractivity contribution is 5.62. The van der Waals surface area contributed by atoms with E-state index in [4.69, 9.17) is 4.74 Å². The molecule has 0 bridgehead atoms. The molecule has 1 aromatic carbocycles. The van der Waals surface area contributed by atoms with Crippen LogP contribution in [0.5, 0.6) is 0 Å². The lowest BCUT2D eigenvalue weighted by molar-refractivity contribution is -0.384. The van der Waals surface area contributed by atoms with Crippen LogP contribution in [-0.2, 0) is 11.3 Å². The molecule has 2 rings (SSSR count). The number of methoxy groups -OCH3 is 1. The first kappa shape index (κ1) is 15.7. The van der Waals surface area contributed by atoms with Crippen molar-refractivity contribution in [3.05, 3.63) is 33.9 Å². The normalized spacial score (nSPS) is 14.4. The second kappa shape index (κ2) is 7.38. The molecule has 0 atom stereocenters. The van der Waals surface area contributed by atoms with Crippen LogP contribution in [0.3, 0.4) is 0 Å². The summed E-state index contributed by atoms with van der Waals surface area (Å²) in [5, 5.41) is 14.1. The maximum atomic E-state index is 11.0. The van der Waals surface area contributed by atoms with Gasteiger partial charge in [-0.2, -0.15) is 0 Å². The Kier molecular flexibility index (Phi) is 5.52. The zero-order valence-corrected chi connectivity index (χ0v) is 12.7. The lowest BCUT2D eigenvalue weighted by Crippen LogP contribution is -2.29. The highest BCUT2D eigenvalue weighted by Gasteiger charge is 2.28. The number of benzene rings is 1. The van der Waals surface area contributed by atoms with Crippen molar-refractivity contribution in [2.75, 3.05) is 32.1 Å². The minimum atomic E-state index is -0.342. The van der Waals surface area contributed by atoms with E-state index in [1.165, 1.54) is 12.8 Å². The van der Waals surface area contributed by atoms with Crippen LogP contribution in [0, 0.1) is 10.1 Å². The van der Waals surface area contributed by atoms with Crippen molar-refractivity contribution in [2.45, 2.75) is 32.4 Å². The number of nitro benzene ring substituents is 1. The van der Waals surface area contributed by atoms with Gasteiger partial charge in [0, 0.05) is 38.9 Å². The third-order valence-corrected chi connectivity index (χ3v) is 3.66. The molecule has 116 valence electrons. The lowest BCUT2D eigenvalue weighted by Gasteiger charge is -2.22. The molecule has 0 radical (unpaired) electrons. The first-order valence-corrected chi connectivity index (χ1v) is 7.40. The Labute approximate surface area is 125 Å². The molecular formula is C15H23N3O3. The van der Waals surface area contributed by atoms with E-state index in [1.807, 2.05) is 19.1 Å². The van der Waals surface area contributed by atoms with Crippen LogP contribution in [0.1, 0.15) is 25.3 Å². The standard InChI is InChI=1S/C15H23N3O3/c1-3-16-14-10-12(4-7-15(14)18(19)20)11-17(8-9-21-2)13-5-6-13/h4,7,10,13,16H,3,5-6,8-9,11H2,1-2H3. The Balaban J connectivity index is 2.11. The first-order chi connectivity index (χ1) is 10.2. The third kappa shape index (κ3) is 4.41. The van der Waals surface area contributed by atoms with E-state index in [1.54, 1.807) is 13.2 Å².